The normalized spacial score (nSPS) is 20.3. The van der Waals surface area contributed by atoms with Crippen LogP contribution in [0, 0.1) is 11.3 Å². The van der Waals surface area contributed by atoms with Gasteiger partial charge < -0.3 is 10.1 Å². The Morgan fingerprint density at radius 1 is 1.44 bits per heavy atom. The Morgan fingerprint density at radius 2 is 2.22 bits per heavy atom. The van der Waals surface area contributed by atoms with E-state index in [-0.39, 0.29) is 6.04 Å². The lowest BCUT2D eigenvalue weighted by molar-refractivity contribution is 0.161. The van der Waals surface area contributed by atoms with Crippen LogP contribution in [-0.2, 0) is 0 Å². The van der Waals surface area contributed by atoms with Gasteiger partial charge in [-0.2, -0.15) is 5.26 Å². The molecule has 1 fully saturated rings. The number of nitrogens with one attached hydrogen (secondary N) is 1. The maximum Gasteiger partial charge on any atom is 0.119 e. The molecule has 0 bridgehead atoms. The lowest BCUT2D eigenvalue weighted by atomic mass is 10.2. The largest absolute Gasteiger partial charge is 0.492 e. The molecule has 4 nitrogen and oxygen atoms in total. The van der Waals surface area contributed by atoms with Crippen LogP contribution in [0.4, 0.5) is 0 Å². The number of piperazine rings is 1. The molecule has 0 spiro atoms. The van der Waals surface area contributed by atoms with E-state index in [0.717, 1.165) is 36.4 Å². The van der Waals surface area contributed by atoms with Gasteiger partial charge in [-0.25, -0.2) is 0 Å². The van der Waals surface area contributed by atoms with Crippen LogP contribution in [-0.4, -0.2) is 43.7 Å². The Balaban J connectivity index is 1.77. The third-order valence-corrected chi connectivity index (χ3v) is 3.49. The van der Waals surface area contributed by atoms with Gasteiger partial charge in [0.2, 0.25) is 0 Å². The fourth-order valence-electron chi connectivity index (χ4n) is 1.95. The molecular weight excluding hydrogens is 294 g/mol. The zero-order valence-electron chi connectivity index (χ0n) is 10.1. The second kappa shape index (κ2) is 6.74. The van der Waals surface area contributed by atoms with E-state index in [1.165, 1.54) is 0 Å². The van der Waals surface area contributed by atoms with Crippen LogP contribution in [0.5, 0.6) is 5.75 Å². The van der Waals surface area contributed by atoms with Crippen LogP contribution in [0.25, 0.3) is 0 Å². The number of halogens is 1. The van der Waals surface area contributed by atoms with Crippen molar-refractivity contribution in [2.75, 3.05) is 32.8 Å². The van der Waals surface area contributed by atoms with Crippen molar-refractivity contribution in [2.24, 2.45) is 0 Å². The van der Waals surface area contributed by atoms with E-state index in [4.69, 9.17) is 10.00 Å². The summed E-state index contributed by atoms with van der Waals surface area (Å²) in [6, 6.07) is 10.1. The molecule has 0 aromatic heterocycles. The first-order chi connectivity index (χ1) is 8.79. The SMILES string of the molecule is N#CC1CNCCN1CCOc1ccc(Br)cc1. The molecule has 0 radical (unpaired) electrons. The van der Waals surface area contributed by atoms with Crippen molar-refractivity contribution in [2.45, 2.75) is 6.04 Å². The van der Waals surface area contributed by atoms with Crippen LogP contribution in [0.3, 0.4) is 0 Å². The van der Waals surface area contributed by atoms with Crippen molar-refractivity contribution in [1.29, 1.82) is 5.26 Å². The Bertz CT molecular complexity index is 415. The van der Waals surface area contributed by atoms with E-state index in [0.29, 0.717) is 6.61 Å². The summed E-state index contributed by atoms with van der Waals surface area (Å²) in [5.41, 5.74) is 0. The molecule has 1 aromatic rings. The first-order valence-corrected chi connectivity index (χ1v) is 6.81. The molecular formula is C13H16BrN3O. The van der Waals surface area contributed by atoms with Crippen molar-refractivity contribution in [3.63, 3.8) is 0 Å². The van der Waals surface area contributed by atoms with Crippen LogP contribution < -0.4 is 10.1 Å². The molecule has 1 N–H and O–H groups in total. The van der Waals surface area contributed by atoms with Crippen LogP contribution in [0.1, 0.15) is 0 Å². The summed E-state index contributed by atoms with van der Waals surface area (Å²) in [5.74, 6) is 0.863. The van der Waals surface area contributed by atoms with Crippen molar-refractivity contribution in [3.05, 3.63) is 28.7 Å². The lowest BCUT2D eigenvalue weighted by Crippen LogP contribution is -2.51. The van der Waals surface area contributed by atoms with Gasteiger partial charge in [0.15, 0.2) is 0 Å². The molecule has 96 valence electrons. The third-order valence-electron chi connectivity index (χ3n) is 2.96. The molecule has 1 heterocycles. The van der Waals surface area contributed by atoms with Crippen LogP contribution in [0.15, 0.2) is 28.7 Å². The van der Waals surface area contributed by atoms with Gasteiger partial charge in [-0.3, -0.25) is 4.90 Å². The van der Waals surface area contributed by atoms with Crippen molar-refractivity contribution in [1.82, 2.24) is 10.2 Å². The summed E-state index contributed by atoms with van der Waals surface area (Å²) in [7, 11) is 0. The number of hydrogen-bond acceptors (Lipinski definition) is 4. The van der Waals surface area contributed by atoms with E-state index >= 15 is 0 Å². The summed E-state index contributed by atoms with van der Waals surface area (Å²) >= 11 is 3.39. The highest BCUT2D eigenvalue weighted by atomic mass is 79.9. The minimum atomic E-state index is -0.0349. The molecule has 1 saturated heterocycles. The fraction of sp³-hybridized carbons (Fsp3) is 0.462. The van der Waals surface area contributed by atoms with Crippen molar-refractivity contribution < 1.29 is 4.74 Å². The number of benzene rings is 1. The molecule has 1 atom stereocenters. The number of ether oxygens (including phenoxy) is 1. The Hall–Kier alpha value is -1.09. The highest BCUT2D eigenvalue weighted by Crippen LogP contribution is 2.16. The molecule has 0 amide bonds. The van der Waals surface area contributed by atoms with E-state index in [1.807, 2.05) is 24.3 Å². The van der Waals surface area contributed by atoms with E-state index < -0.39 is 0 Å². The number of nitrogens with zero attached hydrogens (tertiary/aromatic N) is 2. The molecule has 1 aromatic carbocycles. The Morgan fingerprint density at radius 3 is 2.94 bits per heavy atom. The predicted octanol–water partition coefficient (Wildman–Crippen LogP) is 1.63. The van der Waals surface area contributed by atoms with Gasteiger partial charge in [-0.15, -0.1) is 0 Å². The van der Waals surface area contributed by atoms with Gasteiger partial charge in [0.1, 0.15) is 18.4 Å². The van der Waals surface area contributed by atoms with Gasteiger partial charge in [0, 0.05) is 30.7 Å². The Labute approximate surface area is 116 Å². The summed E-state index contributed by atoms with van der Waals surface area (Å²) < 4.78 is 6.71. The van der Waals surface area contributed by atoms with Crippen LogP contribution >= 0.6 is 15.9 Å². The smallest absolute Gasteiger partial charge is 0.119 e. The monoisotopic (exact) mass is 309 g/mol. The first kappa shape index (κ1) is 13.3. The first-order valence-electron chi connectivity index (χ1n) is 6.02. The minimum Gasteiger partial charge on any atom is -0.492 e. The van der Waals surface area contributed by atoms with Gasteiger partial charge in [-0.05, 0) is 24.3 Å². The van der Waals surface area contributed by atoms with Gasteiger partial charge in [-0.1, -0.05) is 15.9 Å². The summed E-state index contributed by atoms with van der Waals surface area (Å²) in [6.07, 6.45) is 0. The average Bonchev–Trinajstić information content (AvgIpc) is 2.41. The third kappa shape index (κ3) is 3.70. The van der Waals surface area contributed by atoms with Gasteiger partial charge in [0.05, 0.1) is 6.07 Å². The maximum absolute atomic E-state index is 9.03. The molecule has 2 rings (SSSR count). The Kier molecular flexibility index (Phi) is 5.00. The molecule has 1 aliphatic heterocycles. The van der Waals surface area contributed by atoms with Gasteiger partial charge >= 0.3 is 0 Å². The standard InChI is InChI=1S/C13H16BrN3O/c14-11-1-3-13(4-2-11)18-8-7-17-6-5-16-10-12(17)9-15/h1-4,12,16H,5-8,10H2. The molecule has 0 saturated carbocycles. The molecule has 5 heteroatoms. The zero-order valence-corrected chi connectivity index (χ0v) is 11.7. The summed E-state index contributed by atoms with van der Waals surface area (Å²) in [4.78, 5) is 2.16. The number of nitriles is 1. The maximum atomic E-state index is 9.03. The van der Waals surface area contributed by atoms with E-state index in [1.54, 1.807) is 0 Å². The average molecular weight is 310 g/mol. The second-order valence-corrected chi connectivity index (χ2v) is 5.10. The molecule has 0 aliphatic carbocycles. The zero-order chi connectivity index (χ0) is 12.8. The molecule has 1 aliphatic rings. The lowest BCUT2D eigenvalue weighted by Gasteiger charge is -2.31. The van der Waals surface area contributed by atoms with E-state index in [2.05, 4.69) is 32.2 Å². The highest BCUT2D eigenvalue weighted by Gasteiger charge is 2.20. The quantitative estimate of drug-likeness (QED) is 0.918. The number of hydrogen-bond donors (Lipinski definition) is 1. The summed E-state index contributed by atoms with van der Waals surface area (Å²) in [5, 5.41) is 12.3. The van der Waals surface area contributed by atoms with Crippen molar-refractivity contribution in [3.8, 4) is 11.8 Å². The summed E-state index contributed by atoms with van der Waals surface area (Å²) in [6.45, 7) is 3.99. The van der Waals surface area contributed by atoms with Crippen molar-refractivity contribution >= 4 is 15.9 Å². The predicted molar refractivity (Wildman–Crippen MR) is 73.5 cm³/mol. The fourth-order valence-corrected chi connectivity index (χ4v) is 2.22. The number of rotatable bonds is 4. The topological polar surface area (TPSA) is 48.3 Å². The highest BCUT2D eigenvalue weighted by molar-refractivity contribution is 9.10. The van der Waals surface area contributed by atoms with E-state index in [9.17, 15) is 0 Å². The molecule has 1 unspecified atom stereocenters. The van der Waals surface area contributed by atoms with Crippen LogP contribution in [0.2, 0.25) is 0 Å². The molecule has 18 heavy (non-hydrogen) atoms. The van der Waals surface area contributed by atoms with Gasteiger partial charge in [0.25, 0.3) is 0 Å². The second-order valence-electron chi connectivity index (χ2n) is 4.19. The minimum absolute atomic E-state index is 0.0349.